The zero-order valence-electron chi connectivity index (χ0n) is 11.1. The van der Waals surface area contributed by atoms with Gasteiger partial charge < -0.3 is 15.2 Å². The molecule has 3 nitrogen and oxygen atoms in total. The number of benzene rings is 1. The Morgan fingerprint density at radius 1 is 1.00 bits per heavy atom. The van der Waals surface area contributed by atoms with Crippen molar-refractivity contribution >= 4 is 11.6 Å². The molecule has 1 saturated carbocycles. The summed E-state index contributed by atoms with van der Waals surface area (Å²) in [5.74, 6) is 1.41. The minimum atomic E-state index is -0.306. The van der Waals surface area contributed by atoms with Crippen molar-refractivity contribution in [2.45, 2.75) is 44.1 Å². The number of hydrogen-bond donors (Lipinski definition) is 1. The van der Waals surface area contributed by atoms with E-state index in [2.05, 4.69) is 0 Å². The Kier molecular flexibility index (Phi) is 3.59. The fourth-order valence-corrected chi connectivity index (χ4v) is 3.44. The summed E-state index contributed by atoms with van der Waals surface area (Å²) >= 11 is 6.54. The fourth-order valence-electron chi connectivity index (χ4n) is 3.04. The summed E-state index contributed by atoms with van der Waals surface area (Å²) < 4.78 is 11.4. The molecule has 0 atom stereocenters. The van der Waals surface area contributed by atoms with Crippen LogP contribution in [0.2, 0.25) is 5.02 Å². The Labute approximate surface area is 119 Å². The summed E-state index contributed by atoms with van der Waals surface area (Å²) in [5, 5.41) is 0.642. The van der Waals surface area contributed by atoms with E-state index < -0.39 is 0 Å². The molecule has 0 aromatic heterocycles. The van der Waals surface area contributed by atoms with Gasteiger partial charge in [0.2, 0.25) is 0 Å². The van der Waals surface area contributed by atoms with Gasteiger partial charge in [-0.25, -0.2) is 0 Å². The molecule has 4 heteroatoms. The number of hydrogen-bond acceptors (Lipinski definition) is 3. The first kappa shape index (κ1) is 13.1. The normalized spacial score (nSPS) is 21.8. The number of ether oxygens (including phenoxy) is 2. The monoisotopic (exact) mass is 281 g/mol. The Morgan fingerprint density at radius 2 is 1.74 bits per heavy atom. The highest BCUT2D eigenvalue weighted by Gasteiger charge is 2.33. The van der Waals surface area contributed by atoms with E-state index in [1.165, 1.54) is 19.3 Å². The van der Waals surface area contributed by atoms with Crippen LogP contribution < -0.4 is 15.2 Å². The topological polar surface area (TPSA) is 44.5 Å². The number of nitrogens with two attached hydrogens (primary N) is 1. The Morgan fingerprint density at radius 3 is 2.53 bits per heavy atom. The largest absolute Gasteiger partial charge is 0.490 e. The van der Waals surface area contributed by atoms with Crippen molar-refractivity contribution in [2.75, 3.05) is 13.2 Å². The predicted molar refractivity (Wildman–Crippen MR) is 76.0 cm³/mol. The molecule has 0 spiro atoms. The van der Waals surface area contributed by atoms with Gasteiger partial charge in [-0.05, 0) is 24.5 Å². The Bertz CT molecular complexity index is 469. The van der Waals surface area contributed by atoms with Gasteiger partial charge in [-0.15, -0.1) is 0 Å². The van der Waals surface area contributed by atoms with Gasteiger partial charge in [0.05, 0.1) is 18.2 Å². The molecule has 1 aromatic carbocycles. The molecule has 19 heavy (non-hydrogen) atoms. The third-order valence-electron chi connectivity index (χ3n) is 4.14. The van der Waals surface area contributed by atoms with Crippen LogP contribution in [0.4, 0.5) is 0 Å². The van der Waals surface area contributed by atoms with E-state index in [0.717, 1.165) is 30.6 Å². The summed E-state index contributed by atoms with van der Waals surface area (Å²) in [6.07, 6.45) is 6.47. The minimum Gasteiger partial charge on any atom is -0.490 e. The van der Waals surface area contributed by atoms with Gasteiger partial charge in [-0.1, -0.05) is 36.9 Å². The van der Waals surface area contributed by atoms with Gasteiger partial charge in [0.15, 0.2) is 11.5 Å². The van der Waals surface area contributed by atoms with E-state index in [0.29, 0.717) is 24.0 Å². The lowest BCUT2D eigenvalue weighted by atomic mass is 9.77. The Hall–Kier alpha value is -0.930. The molecule has 0 amide bonds. The van der Waals surface area contributed by atoms with Crippen LogP contribution >= 0.6 is 11.6 Å². The van der Waals surface area contributed by atoms with Crippen molar-refractivity contribution in [3.05, 3.63) is 22.7 Å². The van der Waals surface area contributed by atoms with Crippen LogP contribution in [-0.4, -0.2) is 13.2 Å². The molecule has 1 aromatic rings. The van der Waals surface area contributed by atoms with E-state index in [9.17, 15) is 0 Å². The summed E-state index contributed by atoms with van der Waals surface area (Å²) in [5.41, 5.74) is 7.28. The zero-order chi connectivity index (χ0) is 13.3. The molecule has 3 rings (SSSR count). The van der Waals surface area contributed by atoms with Crippen LogP contribution in [0, 0.1) is 0 Å². The first-order chi connectivity index (χ1) is 9.21. The minimum absolute atomic E-state index is 0.306. The summed E-state index contributed by atoms with van der Waals surface area (Å²) in [6.45, 7) is 1.32. The lowest BCUT2D eigenvalue weighted by Gasteiger charge is -2.35. The SMILES string of the molecule is NC1(c2ccc3c(c2Cl)OCCCO3)CCCCC1. The highest BCUT2D eigenvalue weighted by atomic mass is 35.5. The molecule has 104 valence electrons. The second-order valence-electron chi connectivity index (χ2n) is 5.52. The van der Waals surface area contributed by atoms with E-state index in [1.807, 2.05) is 12.1 Å². The summed E-state index contributed by atoms with van der Waals surface area (Å²) in [4.78, 5) is 0. The van der Waals surface area contributed by atoms with Gasteiger partial charge in [0.25, 0.3) is 0 Å². The van der Waals surface area contributed by atoms with Crippen LogP contribution in [0.25, 0.3) is 0 Å². The van der Waals surface area contributed by atoms with Crippen molar-refractivity contribution in [2.24, 2.45) is 5.73 Å². The average molecular weight is 282 g/mol. The second-order valence-corrected chi connectivity index (χ2v) is 5.90. The highest BCUT2D eigenvalue weighted by molar-refractivity contribution is 6.33. The molecular weight excluding hydrogens is 262 g/mol. The molecule has 1 fully saturated rings. The third-order valence-corrected chi connectivity index (χ3v) is 4.51. The molecule has 2 N–H and O–H groups in total. The summed E-state index contributed by atoms with van der Waals surface area (Å²) in [6, 6.07) is 3.96. The van der Waals surface area contributed by atoms with Gasteiger partial charge in [0, 0.05) is 12.0 Å². The van der Waals surface area contributed by atoms with E-state index in [-0.39, 0.29) is 5.54 Å². The Balaban J connectivity index is 2.00. The van der Waals surface area contributed by atoms with Gasteiger partial charge >= 0.3 is 0 Å². The molecule has 0 unspecified atom stereocenters. The van der Waals surface area contributed by atoms with Crippen LogP contribution in [-0.2, 0) is 5.54 Å². The number of halogens is 1. The van der Waals surface area contributed by atoms with Crippen LogP contribution in [0.3, 0.4) is 0 Å². The van der Waals surface area contributed by atoms with Gasteiger partial charge in [0.1, 0.15) is 0 Å². The zero-order valence-corrected chi connectivity index (χ0v) is 11.8. The van der Waals surface area contributed by atoms with E-state index in [4.69, 9.17) is 26.8 Å². The standard InChI is InChI=1S/C15H20ClNO2/c16-13-11(15(17)7-2-1-3-8-15)5-6-12-14(13)19-10-4-9-18-12/h5-6H,1-4,7-10,17H2. The maximum atomic E-state index is 6.57. The molecule has 0 saturated heterocycles. The molecule has 0 bridgehead atoms. The molecule has 0 radical (unpaired) electrons. The molecular formula is C15H20ClNO2. The van der Waals surface area contributed by atoms with Crippen LogP contribution in [0.5, 0.6) is 11.5 Å². The fraction of sp³-hybridized carbons (Fsp3) is 0.600. The summed E-state index contributed by atoms with van der Waals surface area (Å²) in [7, 11) is 0. The maximum Gasteiger partial charge on any atom is 0.180 e. The number of fused-ring (bicyclic) bond motifs is 1. The molecule has 1 aliphatic carbocycles. The van der Waals surface area contributed by atoms with Crippen molar-refractivity contribution in [1.82, 2.24) is 0 Å². The number of rotatable bonds is 1. The maximum absolute atomic E-state index is 6.57. The molecule has 1 heterocycles. The van der Waals surface area contributed by atoms with Crippen molar-refractivity contribution < 1.29 is 9.47 Å². The van der Waals surface area contributed by atoms with E-state index in [1.54, 1.807) is 0 Å². The van der Waals surface area contributed by atoms with Gasteiger partial charge in [-0.2, -0.15) is 0 Å². The van der Waals surface area contributed by atoms with Crippen LogP contribution in [0.15, 0.2) is 12.1 Å². The molecule has 1 aliphatic heterocycles. The highest BCUT2D eigenvalue weighted by Crippen LogP contribution is 2.45. The quantitative estimate of drug-likeness (QED) is 0.855. The van der Waals surface area contributed by atoms with Crippen molar-refractivity contribution in [1.29, 1.82) is 0 Å². The van der Waals surface area contributed by atoms with E-state index >= 15 is 0 Å². The van der Waals surface area contributed by atoms with Crippen molar-refractivity contribution in [3.8, 4) is 11.5 Å². The lowest BCUT2D eigenvalue weighted by Crippen LogP contribution is -2.38. The first-order valence-electron chi connectivity index (χ1n) is 7.08. The lowest BCUT2D eigenvalue weighted by molar-refractivity contribution is 0.294. The third kappa shape index (κ3) is 2.41. The smallest absolute Gasteiger partial charge is 0.180 e. The van der Waals surface area contributed by atoms with Gasteiger partial charge in [-0.3, -0.25) is 0 Å². The average Bonchev–Trinajstić information content (AvgIpc) is 2.65. The predicted octanol–water partition coefficient (Wildman–Crippen LogP) is 3.62. The van der Waals surface area contributed by atoms with Crippen molar-refractivity contribution in [3.63, 3.8) is 0 Å². The molecule has 2 aliphatic rings. The second kappa shape index (κ2) is 5.22. The van der Waals surface area contributed by atoms with Crippen LogP contribution in [0.1, 0.15) is 44.1 Å². The first-order valence-corrected chi connectivity index (χ1v) is 7.46.